The molecule has 21 heavy (non-hydrogen) atoms. The van der Waals surface area contributed by atoms with E-state index in [9.17, 15) is 4.79 Å². The Morgan fingerprint density at radius 3 is 2.81 bits per heavy atom. The maximum absolute atomic E-state index is 12.1. The van der Waals surface area contributed by atoms with Gasteiger partial charge >= 0.3 is 0 Å². The summed E-state index contributed by atoms with van der Waals surface area (Å²) in [4.78, 5) is 16.3. The summed E-state index contributed by atoms with van der Waals surface area (Å²) in [5.74, 6) is 0.282. The standard InChI is InChI=1S/C17H21N3O/c1-3-15-10-14(11-16(18)20-15)17(21)19-8-7-13-6-4-5-12(2)9-13/h4-6,9-11H,3,7-8H2,1-2H3,(H2,18,20)(H,19,21). The first-order valence-corrected chi connectivity index (χ1v) is 7.18. The van der Waals surface area contributed by atoms with Crippen LogP contribution in [0.2, 0.25) is 0 Å². The van der Waals surface area contributed by atoms with E-state index in [0.29, 0.717) is 17.9 Å². The Balaban J connectivity index is 1.94. The van der Waals surface area contributed by atoms with E-state index in [4.69, 9.17) is 5.73 Å². The van der Waals surface area contributed by atoms with E-state index in [0.717, 1.165) is 18.5 Å². The van der Waals surface area contributed by atoms with Gasteiger partial charge in [-0.1, -0.05) is 36.8 Å². The van der Waals surface area contributed by atoms with Crippen LogP contribution in [0.3, 0.4) is 0 Å². The molecule has 0 spiro atoms. The molecule has 0 aliphatic carbocycles. The first kappa shape index (κ1) is 15.0. The SMILES string of the molecule is CCc1cc(C(=O)NCCc2cccc(C)c2)cc(N)n1. The van der Waals surface area contributed by atoms with Gasteiger partial charge in [0.1, 0.15) is 5.82 Å². The highest BCUT2D eigenvalue weighted by Gasteiger charge is 2.08. The number of carbonyl (C=O) groups is 1. The maximum Gasteiger partial charge on any atom is 0.251 e. The Kier molecular flexibility index (Phi) is 4.93. The van der Waals surface area contributed by atoms with Crippen molar-refractivity contribution < 1.29 is 4.79 Å². The average molecular weight is 283 g/mol. The van der Waals surface area contributed by atoms with E-state index >= 15 is 0 Å². The number of nitrogens with one attached hydrogen (secondary N) is 1. The highest BCUT2D eigenvalue weighted by molar-refractivity contribution is 5.94. The molecule has 1 aromatic carbocycles. The van der Waals surface area contributed by atoms with Crippen LogP contribution in [0, 0.1) is 6.92 Å². The molecule has 0 fully saturated rings. The molecule has 1 amide bonds. The first-order chi connectivity index (χ1) is 10.1. The van der Waals surface area contributed by atoms with Gasteiger partial charge in [0.2, 0.25) is 0 Å². The minimum Gasteiger partial charge on any atom is -0.384 e. The molecule has 3 N–H and O–H groups in total. The number of nitrogen functional groups attached to an aromatic ring is 1. The molecule has 0 saturated heterocycles. The van der Waals surface area contributed by atoms with Gasteiger partial charge in [0.15, 0.2) is 0 Å². The van der Waals surface area contributed by atoms with Crippen LogP contribution in [-0.4, -0.2) is 17.4 Å². The van der Waals surface area contributed by atoms with Gasteiger partial charge in [-0.05, 0) is 37.5 Å². The summed E-state index contributed by atoms with van der Waals surface area (Å²) in [6, 6.07) is 11.7. The number of hydrogen-bond donors (Lipinski definition) is 2. The maximum atomic E-state index is 12.1. The first-order valence-electron chi connectivity index (χ1n) is 7.18. The Hall–Kier alpha value is -2.36. The van der Waals surface area contributed by atoms with Gasteiger partial charge in [0, 0.05) is 17.8 Å². The van der Waals surface area contributed by atoms with Crippen LogP contribution in [0.15, 0.2) is 36.4 Å². The van der Waals surface area contributed by atoms with Crippen molar-refractivity contribution in [1.29, 1.82) is 0 Å². The highest BCUT2D eigenvalue weighted by atomic mass is 16.1. The van der Waals surface area contributed by atoms with Crippen LogP contribution in [0.25, 0.3) is 0 Å². The average Bonchev–Trinajstić information content (AvgIpc) is 2.46. The molecule has 1 aromatic heterocycles. The zero-order chi connectivity index (χ0) is 15.2. The number of nitrogens with zero attached hydrogens (tertiary/aromatic N) is 1. The van der Waals surface area contributed by atoms with Crippen molar-refractivity contribution in [3.8, 4) is 0 Å². The fourth-order valence-electron chi connectivity index (χ4n) is 2.21. The van der Waals surface area contributed by atoms with Crippen LogP contribution in [0.4, 0.5) is 5.82 Å². The number of anilines is 1. The molecular weight excluding hydrogens is 262 g/mol. The summed E-state index contributed by atoms with van der Waals surface area (Å²) >= 11 is 0. The topological polar surface area (TPSA) is 68.0 Å². The number of pyridine rings is 1. The second-order valence-electron chi connectivity index (χ2n) is 5.12. The van der Waals surface area contributed by atoms with E-state index in [1.165, 1.54) is 11.1 Å². The van der Waals surface area contributed by atoms with E-state index < -0.39 is 0 Å². The Morgan fingerprint density at radius 1 is 1.29 bits per heavy atom. The van der Waals surface area contributed by atoms with Crippen LogP contribution in [0.1, 0.15) is 34.1 Å². The zero-order valence-electron chi connectivity index (χ0n) is 12.5. The molecule has 4 nitrogen and oxygen atoms in total. The number of amides is 1. The van der Waals surface area contributed by atoms with Gasteiger partial charge in [-0.3, -0.25) is 4.79 Å². The molecule has 2 rings (SSSR count). The number of hydrogen-bond acceptors (Lipinski definition) is 3. The monoisotopic (exact) mass is 283 g/mol. The van der Waals surface area contributed by atoms with Gasteiger partial charge < -0.3 is 11.1 Å². The molecule has 0 atom stereocenters. The van der Waals surface area contributed by atoms with Crippen molar-refractivity contribution in [3.05, 3.63) is 58.8 Å². The van der Waals surface area contributed by atoms with E-state index in [2.05, 4.69) is 35.4 Å². The van der Waals surface area contributed by atoms with Gasteiger partial charge in [-0.25, -0.2) is 4.98 Å². The number of benzene rings is 1. The molecule has 0 saturated carbocycles. The number of aryl methyl sites for hydroxylation is 2. The summed E-state index contributed by atoms with van der Waals surface area (Å²) in [5.41, 5.74) is 9.57. The fraction of sp³-hybridized carbons (Fsp3) is 0.294. The lowest BCUT2D eigenvalue weighted by molar-refractivity contribution is 0.0954. The molecule has 110 valence electrons. The molecule has 0 aliphatic rings. The summed E-state index contributed by atoms with van der Waals surface area (Å²) in [6.45, 7) is 4.65. The molecule has 1 heterocycles. The summed E-state index contributed by atoms with van der Waals surface area (Å²) in [6.07, 6.45) is 1.57. The van der Waals surface area contributed by atoms with Crippen molar-refractivity contribution in [2.75, 3.05) is 12.3 Å². The van der Waals surface area contributed by atoms with Crippen molar-refractivity contribution in [1.82, 2.24) is 10.3 Å². The second kappa shape index (κ2) is 6.88. The number of rotatable bonds is 5. The lowest BCUT2D eigenvalue weighted by Crippen LogP contribution is -2.26. The Morgan fingerprint density at radius 2 is 2.10 bits per heavy atom. The molecular formula is C17H21N3O. The molecule has 0 aliphatic heterocycles. The molecule has 2 aromatic rings. The molecule has 4 heteroatoms. The third-order valence-corrected chi connectivity index (χ3v) is 3.30. The zero-order valence-corrected chi connectivity index (χ0v) is 12.5. The smallest absolute Gasteiger partial charge is 0.251 e. The quantitative estimate of drug-likeness (QED) is 0.886. The number of aromatic nitrogens is 1. The van der Waals surface area contributed by atoms with Gasteiger partial charge in [-0.15, -0.1) is 0 Å². The third-order valence-electron chi connectivity index (χ3n) is 3.30. The van der Waals surface area contributed by atoms with Crippen LogP contribution in [0.5, 0.6) is 0 Å². The van der Waals surface area contributed by atoms with Crippen molar-refractivity contribution >= 4 is 11.7 Å². The van der Waals surface area contributed by atoms with Crippen molar-refractivity contribution in [2.45, 2.75) is 26.7 Å². The molecule has 0 radical (unpaired) electrons. The number of nitrogens with two attached hydrogens (primary N) is 1. The largest absolute Gasteiger partial charge is 0.384 e. The summed E-state index contributed by atoms with van der Waals surface area (Å²) < 4.78 is 0. The van der Waals surface area contributed by atoms with Crippen LogP contribution < -0.4 is 11.1 Å². The van der Waals surface area contributed by atoms with Gasteiger partial charge in [0.05, 0.1) is 0 Å². The molecule has 0 unspecified atom stereocenters. The van der Waals surface area contributed by atoms with Gasteiger partial charge in [0.25, 0.3) is 5.91 Å². The van der Waals surface area contributed by atoms with E-state index in [-0.39, 0.29) is 5.91 Å². The predicted molar refractivity (Wildman–Crippen MR) is 85.2 cm³/mol. The Bertz CT molecular complexity index is 638. The summed E-state index contributed by atoms with van der Waals surface area (Å²) in [5, 5.41) is 2.92. The van der Waals surface area contributed by atoms with Crippen molar-refractivity contribution in [2.24, 2.45) is 0 Å². The number of carbonyl (C=O) groups excluding carboxylic acids is 1. The predicted octanol–water partition coefficient (Wildman–Crippen LogP) is 2.51. The van der Waals surface area contributed by atoms with Crippen LogP contribution >= 0.6 is 0 Å². The summed E-state index contributed by atoms with van der Waals surface area (Å²) in [7, 11) is 0. The normalized spacial score (nSPS) is 10.4. The fourth-order valence-corrected chi connectivity index (χ4v) is 2.21. The molecule has 0 bridgehead atoms. The van der Waals surface area contributed by atoms with Crippen molar-refractivity contribution in [3.63, 3.8) is 0 Å². The van der Waals surface area contributed by atoms with E-state index in [1.807, 2.05) is 13.0 Å². The van der Waals surface area contributed by atoms with E-state index in [1.54, 1.807) is 12.1 Å². The third kappa shape index (κ3) is 4.31. The Labute approximate surface area is 125 Å². The minimum absolute atomic E-state index is 0.105. The lowest BCUT2D eigenvalue weighted by atomic mass is 10.1. The van der Waals surface area contributed by atoms with Crippen LogP contribution in [-0.2, 0) is 12.8 Å². The minimum atomic E-state index is -0.105. The highest BCUT2D eigenvalue weighted by Crippen LogP contribution is 2.09. The second-order valence-corrected chi connectivity index (χ2v) is 5.12. The lowest BCUT2D eigenvalue weighted by Gasteiger charge is -2.08. The van der Waals surface area contributed by atoms with Gasteiger partial charge in [-0.2, -0.15) is 0 Å².